The molecule has 44 heavy (non-hydrogen) atoms. The Bertz CT molecular complexity index is 1960. The molecule has 1 amide bonds. The van der Waals surface area contributed by atoms with Gasteiger partial charge in [0, 0.05) is 27.2 Å². The molecule has 0 fully saturated rings. The predicted molar refractivity (Wildman–Crippen MR) is 192 cm³/mol. The number of nitrogens with zero attached hydrogens (tertiary/aromatic N) is 2. The van der Waals surface area contributed by atoms with E-state index in [4.69, 9.17) is 16.3 Å². The molecule has 6 nitrogen and oxygen atoms in total. The quantitative estimate of drug-likeness (QED) is 0.0869. The molecule has 1 aromatic heterocycles. The zero-order valence-electron chi connectivity index (χ0n) is 22.9. The average molecular weight is 794 g/mol. The van der Waals surface area contributed by atoms with Crippen molar-refractivity contribution in [2.45, 2.75) is 6.61 Å². The van der Waals surface area contributed by atoms with Crippen LogP contribution in [0.2, 0.25) is 5.02 Å². The molecule has 0 aliphatic carbocycles. The van der Waals surface area contributed by atoms with E-state index in [0.717, 1.165) is 47.0 Å². The average Bonchev–Trinajstić information content (AvgIpc) is 3.50. The van der Waals surface area contributed by atoms with Crippen molar-refractivity contribution in [2.75, 3.05) is 5.32 Å². The number of aromatic nitrogens is 1. The molecule has 2 N–H and O–H groups in total. The maximum Gasteiger partial charge on any atom is 0.271 e. The highest BCUT2D eigenvalue weighted by Crippen LogP contribution is 2.33. The van der Waals surface area contributed by atoms with Crippen LogP contribution in [-0.2, 0) is 6.61 Å². The summed E-state index contributed by atoms with van der Waals surface area (Å²) in [5.41, 5.74) is 7.65. The molecule has 5 aromatic carbocycles. The maximum atomic E-state index is 12.7. The van der Waals surface area contributed by atoms with Crippen molar-refractivity contribution in [3.05, 3.63) is 138 Å². The fourth-order valence-corrected chi connectivity index (χ4v) is 7.05. The van der Waals surface area contributed by atoms with Gasteiger partial charge < -0.3 is 10.1 Å². The minimum Gasteiger partial charge on any atom is -0.487 e. The second kappa shape index (κ2) is 13.9. The van der Waals surface area contributed by atoms with Gasteiger partial charge in [0.05, 0.1) is 20.0 Å². The van der Waals surface area contributed by atoms with Crippen molar-refractivity contribution >= 4 is 95.2 Å². The van der Waals surface area contributed by atoms with Gasteiger partial charge in [-0.1, -0.05) is 60.1 Å². The van der Waals surface area contributed by atoms with Gasteiger partial charge in [-0.3, -0.25) is 4.79 Å². The lowest BCUT2D eigenvalue weighted by Gasteiger charge is -2.12. The van der Waals surface area contributed by atoms with Crippen LogP contribution in [0.3, 0.4) is 0 Å². The molecule has 6 aromatic rings. The first-order valence-electron chi connectivity index (χ1n) is 13.4. The fraction of sp³-hybridized carbons (Fsp3) is 0.0294. The molecule has 0 radical (unpaired) electrons. The van der Waals surface area contributed by atoms with Crippen LogP contribution in [0.25, 0.3) is 22.0 Å². The van der Waals surface area contributed by atoms with Crippen LogP contribution in [0.4, 0.5) is 10.8 Å². The van der Waals surface area contributed by atoms with E-state index in [1.807, 2.05) is 66.0 Å². The number of hydrogen-bond acceptors (Lipinski definition) is 6. The molecule has 0 aliphatic heterocycles. The number of fused-ring (bicyclic) bond motifs is 1. The van der Waals surface area contributed by atoms with Gasteiger partial charge in [0.25, 0.3) is 5.91 Å². The van der Waals surface area contributed by atoms with E-state index >= 15 is 0 Å². The standard InChI is InChI=1S/C34H23BrClIN4O2S/c35-29-16-22(17-30(37)32(29)43-19-21-5-6-23-3-1-2-4-26(23)15-21)18-38-41-33(42)25-9-7-24(8-10-25)31-20-44-34(40-31)39-28-13-11-27(36)12-14-28/h1-18,20H,19H2,(H,39,40)(H,41,42)/b38-18-. The van der Waals surface area contributed by atoms with E-state index in [2.05, 4.69) is 89.7 Å². The summed E-state index contributed by atoms with van der Waals surface area (Å²) >= 11 is 13.3. The number of carbonyl (C=O) groups is 1. The number of rotatable bonds is 9. The normalized spacial score (nSPS) is 11.2. The van der Waals surface area contributed by atoms with Crippen LogP contribution in [-0.4, -0.2) is 17.1 Å². The largest absolute Gasteiger partial charge is 0.487 e. The van der Waals surface area contributed by atoms with E-state index in [9.17, 15) is 4.79 Å². The second-order valence-electron chi connectivity index (χ2n) is 9.73. The Hall–Kier alpha value is -3.77. The molecule has 0 atom stereocenters. The van der Waals surface area contributed by atoms with Crippen molar-refractivity contribution in [1.82, 2.24) is 10.4 Å². The van der Waals surface area contributed by atoms with Gasteiger partial charge >= 0.3 is 0 Å². The van der Waals surface area contributed by atoms with Gasteiger partial charge in [0.2, 0.25) is 0 Å². The molecular weight excluding hydrogens is 771 g/mol. The van der Waals surface area contributed by atoms with Crippen LogP contribution in [0, 0.1) is 3.57 Å². The Morgan fingerprint density at radius 1 is 0.977 bits per heavy atom. The van der Waals surface area contributed by atoms with Crippen LogP contribution in [0.1, 0.15) is 21.5 Å². The topological polar surface area (TPSA) is 75.6 Å². The molecule has 10 heteroatoms. The third kappa shape index (κ3) is 7.47. The van der Waals surface area contributed by atoms with E-state index < -0.39 is 0 Å². The first kappa shape index (κ1) is 30.3. The third-order valence-electron chi connectivity index (χ3n) is 6.64. The monoisotopic (exact) mass is 792 g/mol. The Morgan fingerprint density at radius 2 is 1.75 bits per heavy atom. The lowest BCUT2D eigenvalue weighted by Crippen LogP contribution is -2.17. The van der Waals surface area contributed by atoms with E-state index in [0.29, 0.717) is 17.2 Å². The van der Waals surface area contributed by atoms with Gasteiger partial charge in [-0.15, -0.1) is 11.3 Å². The number of nitrogens with one attached hydrogen (secondary N) is 2. The summed E-state index contributed by atoms with van der Waals surface area (Å²) in [7, 11) is 0. The molecule has 0 saturated carbocycles. The molecule has 218 valence electrons. The SMILES string of the molecule is O=C(N/N=C\c1cc(Br)c(OCc2ccc3ccccc3c2)c(I)c1)c1ccc(-c2csc(Nc3ccc(Cl)cc3)n2)cc1. The van der Waals surface area contributed by atoms with Crippen LogP contribution in [0.15, 0.2) is 118 Å². The summed E-state index contributed by atoms with van der Waals surface area (Å²) in [5, 5.41) is 13.2. The summed E-state index contributed by atoms with van der Waals surface area (Å²) < 4.78 is 7.88. The van der Waals surface area contributed by atoms with Gasteiger partial charge in [0.15, 0.2) is 5.13 Å². The van der Waals surface area contributed by atoms with Crippen LogP contribution in [0.5, 0.6) is 5.75 Å². The van der Waals surface area contributed by atoms with Crippen molar-refractivity contribution in [3.63, 3.8) is 0 Å². The lowest BCUT2D eigenvalue weighted by molar-refractivity contribution is 0.0955. The van der Waals surface area contributed by atoms with Crippen molar-refractivity contribution in [1.29, 1.82) is 0 Å². The Morgan fingerprint density at radius 3 is 2.52 bits per heavy atom. The highest BCUT2D eigenvalue weighted by molar-refractivity contribution is 14.1. The molecule has 0 aliphatic rings. The van der Waals surface area contributed by atoms with E-state index in [1.165, 1.54) is 22.1 Å². The Kier molecular flexibility index (Phi) is 9.56. The highest BCUT2D eigenvalue weighted by Gasteiger charge is 2.11. The minimum absolute atomic E-state index is 0.305. The summed E-state index contributed by atoms with van der Waals surface area (Å²) in [5.74, 6) is 0.452. The number of thiazole rings is 1. The molecule has 0 bridgehead atoms. The van der Waals surface area contributed by atoms with E-state index in [1.54, 1.807) is 18.3 Å². The second-order valence-corrected chi connectivity index (χ2v) is 13.0. The van der Waals surface area contributed by atoms with E-state index in [-0.39, 0.29) is 5.91 Å². The first-order valence-corrected chi connectivity index (χ1v) is 16.6. The summed E-state index contributed by atoms with van der Waals surface area (Å²) in [6.07, 6.45) is 1.61. The lowest BCUT2D eigenvalue weighted by atomic mass is 10.1. The number of ether oxygens (including phenoxy) is 1. The molecular formula is C34H23BrClIN4O2S. The third-order valence-corrected chi connectivity index (χ3v) is 9.04. The summed E-state index contributed by atoms with van der Waals surface area (Å²) in [6.45, 7) is 0.450. The predicted octanol–water partition coefficient (Wildman–Crippen LogP) is 10.1. The first-order chi connectivity index (χ1) is 21.4. The smallest absolute Gasteiger partial charge is 0.271 e. The Balaban J connectivity index is 1.04. The van der Waals surface area contributed by atoms with Gasteiger partial charge in [0.1, 0.15) is 12.4 Å². The van der Waals surface area contributed by atoms with Crippen molar-refractivity contribution < 1.29 is 9.53 Å². The fourth-order valence-electron chi connectivity index (χ4n) is 4.42. The molecule has 0 saturated heterocycles. The highest BCUT2D eigenvalue weighted by atomic mass is 127. The zero-order valence-corrected chi connectivity index (χ0v) is 28.2. The molecule has 0 spiro atoms. The van der Waals surface area contributed by atoms with Crippen LogP contribution >= 0.6 is 61.5 Å². The van der Waals surface area contributed by atoms with Gasteiger partial charge in [-0.2, -0.15) is 5.10 Å². The minimum atomic E-state index is -0.305. The van der Waals surface area contributed by atoms with Crippen molar-refractivity contribution in [2.24, 2.45) is 5.10 Å². The summed E-state index contributed by atoms with van der Waals surface area (Å²) in [6, 6.07) is 33.2. The number of hydrogen-bond donors (Lipinski definition) is 2. The number of halogens is 3. The van der Waals surface area contributed by atoms with Crippen molar-refractivity contribution in [3.8, 4) is 17.0 Å². The number of carbonyl (C=O) groups excluding carboxylic acids is 1. The van der Waals surface area contributed by atoms with Crippen LogP contribution < -0.4 is 15.5 Å². The zero-order chi connectivity index (χ0) is 30.5. The maximum absolute atomic E-state index is 12.7. The Labute approximate surface area is 285 Å². The molecule has 0 unspecified atom stereocenters. The number of hydrazone groups is 1. The molecule has 1 heterocycles. The number of amides is 1. The summed E-state index contributed by atoms with van der Waals surface area (Å²) in [4.78, 5) is 17.4. The number of anilines is 2. The molecule has 6 rings (SSSR count). The van der Waals surface area contributed by atoms with Gasteiger partial charge in [-0.25, -0.2) is 10.4 Å². The van der Waals surface area contributed by atoms with Gasteiger partial charge in [-0.05, 0) is 115 Å². The number of benzene rings is 5.